The van der Waals surface area contributed by atoms with Crippen LogP contribution in [-0.4, -0.2) is 4.98 Å². The van der Waals surface area contributed by atoms with Crippen molar-refractivity contribution < 1.29 is 0 Å². The van der Waals surface area contributed by atoms with Gasteiger partial charge in [0.1, 0.15) is 0 Å². The maximum Gasteiger partial charge on any atom is 0.0457 e. The van der Waals surface area contributed by atoms with Crippen molar-refractivity contribution in [2.75, 3.05) is 0 Å². The molecule has 1 heterocycles. The molecule has 0 saturated heterocycles. The number of benzene rings is 1. The van der Waals surface area contributed by atoms with E-state index in [-0.39, 0.29) is 0 Å². The summed E-state index contributed by atoms with van der Waals surface area (Å²) in [6.07, 6.45) is 1.07. The van der Waals surface area contributed by atoms with E-state index < -0.39 is 0 Å². The van der Waals surface area contributed by atoms with Crippen molar-refractivity contribution >= 4 is 0 Å². The molecule has 0 saturated carbocycles. The lowest BCUT2D eigenvalue weighted by molar-refractivity contribution is 1.06. The Labute approximate surface area is 103 Å². The van der Waals surface area contributed by atoms with Gasteiger partial charge < -0.3 is 0 Å². The molecule has 1 aromatic carbocycles. The zero-order valence-electron chi connectivity index (χ0n) is 10.9. The molecule has 0 aliphatic heterocycles. The van der Waals surface area contributed by atoms with E-state index in [1.807, 2.05) is 0 Å². The molecule has 0 spiro atoms. The molecule has 0 radical (unpaired) electrons. The molecule has 1 aromatic heterocycles. The summed E-state index contributed by atoms with van der Waals surface area (Å²) in [6.45, 7) is 8.58. The van der Waals surface area contributed by atoms with Crippen LogP contribution in [0.2, 0.25) is 0 Å². The van der Waals surface area contributed by atoms with Gasteiger partial charge in [0.05, 0.1) is 0 Å². The van der Waals surface area contributed by atoms with E-state index in [9.17, 15) is 0 Å². The Morgan fingerprint density at radius 3 is 2.53 bits per heavy atom. The first-order chi connectivity index (χ1) is 8.08. The first kappa shape index (κ1) is 10.5. The highest BCUT2D eigenvalue weighted by Gasteiger charge is 2.23. The third-order valence-electron chi connectivity index (χ3n) is 3.90. The molecule has 3 rings (SSSR count). The van der Waals surface area contributed by atoms with Crippen LogP contribution in [0.15, 0.2) is 18.2 Å². The fourth-order valence-electron chi connectivity index (χ4n) is 2.86. The van der Waals surface area contributed by atoms with Crippen molar-refractivity contribution in [1.29, 1.82) is 0 Å². The highest BCUT2D eigenvalue weighted by molar-refractivity contribution is 5.80. The molecule has 1 heteroatoms. The minimum Gasteiger partial charge on any atom is -0.258 e. The summed E-state index contributed by atoms with van der Waals surface area (Å²) in [4.78, 5) is 4.67. The smallest absolute Gasteiger partial charge is 0.0457 e. The van der Waals surface area contributed by atoms with Crippen LogP contribution in [0.25, 0.3) is 11.1 Å². The molecule has 1 aliphatic carbocycles. The second-order valence-corrected chi connectivity index (χ2v) is 5.10. The van der Waals surface area contributed by atoms with Crippen molar-refractivity contribution in [3.05, 3.63) is 51.8 Å². The Morgan fingerprint density at radius 1 is 1.00 bits per heavy atom. The zero-order chi connectivity index (χ0) is 12.2. The quantitative estimate of drug-likeness (QED) is 0.563. The van der Waals surface area contributed by atoms with Gasteiger partial charge in [-0.3, -0.25) is 4.98 Å². The van der Waals surface area contributed by atoms with Crippen LogP contribution in [0.4, 0.5) is 0 Å². The Kier molecular flexibility index (Phi) is 2.12. The SMILES string of the molecule is Cc1ccc2c(c1)-c1c(C)nc(C)c(C)c1C2. The molecule has 0 bridgehead atoms. The Bertz CT molecular complexity index is 624. The summed E-state index contributed by atoms with van der Waals surface area (Å²) in [6, 6.07) is 6.76. The molecule has 0 fully saturated rings. The number of hydrogen-bond donors (Lipinski definition) is 0. The monoisotopic (exact) mass is 223 g/mol. The average molecular weight is 223 g/mol. The molecule has 1 nitrogen and oxygen atoms in total. The Morgan fingerprint density at radius 2 is 1.76 bits per heavy atom. The molecule has 86 valence electrons. The van der Waals surface area contributed by atoms with Crippen LogP contribution in [0.3, 0.4) is 0 Å². The van der Waals surface area contributed by atoms with Crippen molar-refractivity contribution in [1.82, 2.24) is 4.98 Å². The predicted octanol–water partition coefficient (Wildman–Crippen LogP) is 3.89. The normalized spacial score (nSPS) is 12.5. The van der Waals surface area contributed by atoms with E-state index in [1.54, 1.807) is 0 Å². The molecule has 0 N–H and O–H groups in total. The topological polar surface area (TPSA) is 12.9 Å². The lowest BCUT2D eigenvalue weighted by atomic mass is 9.99. The predicted molar refractivity (Wildman–Crippen MR) is 71.4 cm³/mol. The molecule has 2 aromatic rings. The number of rotatable bonds is 0. The number of nitrogens with zero attached hydrogens (tertiary/aromatic N) is 1. The molecule has 0 atom stereocenters. The van der Waals surface area contributed by atoms with Crippen LogP contribution in [0.5, 0.6) is 0 Å². The van der Waals surface area contributed by atoms with Crippen LogP contribution in [0, 0.1) is 27.7 Å². The van der Waals surface area contributed by atoms with Gasteiger partial charge in [-0.2, -0.15) is 0 Å². The summed E-state index contributed by atoms with van der Waals surface area (Å²) in [5.41, 5.74) is 10.7. The van der Waals surface area contributed by atoms with Gasteiger partial charge in [-0.1, -0.05) is 23.8 Å². The number of fused-ring (bicyclic) bond motifs is 3. The van der Waals surface area contributed by atoms with Crippen LogP contribution in [0.1, 0.15) is 33.6 Å². The molecule has 17 heavy (non-hydrogen) atoms. The first-order valence-electron chi connectivity index (χ1n) is 6.14. The number of aryl methyl sites for hydroxylation is 3. The largest absolute Gasteiger partial charge is 0.258 e. The number of hydrogen-bond acceptors (Lipinski definition) is 1. The van der Waals surface area contributed by atoms with E-state index in [0.29, 0.717) is 0 Å². The fraction of sp³-hybridized carbons (Fsp3) is 0.312. The maximum atomic E-state index is 4.67. The molecular weight excluding hydrogens is 206 g/mol. The maximum absolute atomic E-state index is 4.67. The molecule has 0 amide bonds. The highest BCUT2D eigenvalue weighted by Crippen LogP contribution is 2.40. The summed E-state index contributed by atoms with van der Waals surface area (Å²) in [5, 5.41) is 0. The second-order valence-electron chi connectivity index (χ2n) is 5.10. The van der Waals surface area contributed by atoms with Crippen molar-refractivity contribution in [3.63, 3.8) is 0 Å². The molecule has 0 unspecified atom stereocenters. The molecule has 1 aliphatic rings. The summed E-state index contributed by atoms with van der Waals surface area (Å²) < 4.78 is 0. The Hall–Kier alpha value is -1.63. The zero-order valence-corrected chi connectivity index (χ0v) is 10.9. The third-order valence-corrected chi connectivity index (χ3v) is 3.90. The standard InChI is InChI=1S/C16H17N/c1-9-5-6-13-8-14-10(2)11(3)17-12(4)16(14)15(13)7-9/h5-7H,8H2,1-4H3. The van der Waals surface area contributed by atoms with Gasteiger partial charge in [0.25, 0.3) is 0 Å². The van der Waals surface area contributed by atoms with E-state index in [1.165, 1.54) is 44.8 Å². The van der Waals surface area contributed by atoms with Gasteiger partial charge in [-0.15, -0.1) is 0 Å². The summed E-state index contributed by atoms with van der Waals surface area (Å²) in [7, 11) is 0. The average Bonchev–Trinajstić information content (AvgIpc) is 2.65. The number of aromatic nitrogens is 1. The van der Waals surface area contributed by atoms with Gasteiger partial charge in [-0.05, 0) is 56.4 Å². The fourth-order valence-corrected chi connectivity index (χ4v) is 2.86. The van der Waals surface area contributed by atoms with Crippen LogP contribution in [-0.2, 0) is 6.42 Å². The van der Waals surface area contributed by atoms with Crippen molar-refractivity contribution in [2.24, 2.45) is 0 Å². The molecular formula is C16H17N. The highest BCUT2D eigenvalue weighted by atomic mass is 14.7. The summed E-state index contributed by atoms with van der Waals surface area (Å²) >= 11 is 0. The first-order valence-corrected chi connectivity index (χ1v) is 6.14. The third kappa shape index (κ3) is 1.42. The van der Waals surface area contributed by atoms with E-state index >= 15 is 0 Å². The van der Waals surface area contributed by atoms with Gasteiger partial charge in [0.15, 0.2) is 0 Å². The number of pyridine rings is 1. The minimum absolute atomic E-state index is 1.07. The van der Waals surface area contributed by atoms with Crippen molar-refractivity contribution in [2.45, 2.75) is 34.1 Å². The van der Waals surface area contributed by atoms with Gasteiger partial charge in [0, 0.05) is 17.0 Å². The van der Waals surface area contributed by atoms with E-state index in [0.717, 1.165) is 6.42 Å². The minimum atomic E-state index is 1.07. The lowest BCUT2D eigenvalue weighted by Crippen LogP contribution is -1.97. The van der Waals surface area contributed by atoms with E-state index in [2.05, 4.69) is 50.9 Å². The van der Waals surface area contributed by atoms with Gasteiger partial charge in [-0.25, -0.2) is 0 Å². The van der Waals surface area contributed by atoms with Crippen LogP contribution < -0.4 is 0 Å². The van der Waals surface area contributed by atoms with Crippen LogP contribution >= 0.6 is 0 Å². The second kappa shape index (κ2) is 3.43. The van der Waals surface area contributed by atoms with Crippen molar-refractivity contribution in [3.8, 4) is 11.1 Å². The van der Waals surface area contributed by atoms with Gasteiger partial charge >= 0.3 is 0 Å². The van der Waals surface area contributed by atoms with Gasteiger partial charge in [0.2, 0.25) is 0 Å². The lowest BCUT2D eigenvalue weighted by Gasteiger charge is -2.10. The Balaban J connectivity index is 2.36. The van der Waals surface area contributed by atoms with E-state index in [4.69, 9.17) is 0 Å². The summed E-state index contributed by atoms with van der Waals surface area (Å²) in [5.74, 6) is 0.